The Balaban J connectivity index is 1.85. The number of sulfone groups is 1. The van der Waals surface area contributed by atoms with Crippen molar-refractivity contribution in [2.24, 2.45) is 5.92 Å². The van der Waals surface area contributed by atoms with E-state index in [0.717, 1.165) is 43.2 Å². The number of hydrogen-bond donors (Lipinski definition) is 0. The largest absolute Gasteiger partial charge is 0.373 e. The van der Waals surface area contributed by atoms with Gasteiger partial charge in [0, 0.05) is 31.7 Å². The summed E-state index contributed by atoms with van der Waals surface area (Å²) in [5.74, 6) is 0.911. The number of nitrogens with zero attached hydrogens (tertiary/aromatic N) is 2. The highest BCUT2D eigenvalue weighted by molar-refractivity contribution is 7.91. The van der Waals surface area contributed by atoms with Gasteiger partial charge in [0.05, 0.1) is 22.9 Å². The van der Waals surface area contributed by atoms with Gasteiger partial charge in [-0.2, -0.15) is 0 Å². The van der Waals surface area contributed by atoms with Crippen LogP contribution in [0.4, 0.5) is 11.4 Å². The van der Waals surface area contributed by atoms with Gasteiger partial charge in [0.1, 0.15) is 0 Å². The first kappa shape index (κ1) is 15.0. The van der Waals surface area contributed by atoms with Crippen LogP contribution in [0, 0.1) is 5.92 Å². The number of halogens is 1. The Hall–Kier alpha value is -0.940. The van der Waals surface area contributed by atoms with Crippen molar-refractivity contribution in [2.45, 2.75) is 12.8 Å². The van der Waals surface area contributed by atoms with Crippen molar-refractivity contribution < 1.29 is 8.42 Å². The monoisotopic (exact) mass is 328 g/mol. The van der Waals surface area contributed by atoms with Crippen molar-refractivity contribution in [1.29, 1.82) is 0 Å². The van der Waals surface area contributed by atoms with E-state index in [1.165, 1.54) is 5.69 Å². The van der Waals surface area contributed by atoms with Gasteiger partial charge in [-0.15, -0.1) is 0 Å². The SMILES string of the molecule is CN1CCCN(C[C@H]2CCS(=O)(=O)C2)c2cc(Cl)ccc21. The summed E-state index contributed by atoms with van der Waals surface area (Å²) in [7, 11) is -0.721. The molecule has 0 radical (unpaired) electrons. The molecule has 2 aliphatic rings. The van der Waals surface area contributed by atoms with E-state index in [1.54, 1.807) is 0 Å². The molecular weight excluding hydrogens is 308 g/mol. The van der Waals surface area contributed by atoms with Gasteiger partial charge in [0.2, 0.25) is 0 Å². The van der Waals surface area contributed by atoms with E-state index in [4.69, 9.17) is 11.6 Å². The van der Waals surface area contributed by atoms with Crippen LogP contribution in [0.3, 0.4) is 0 Å². The molecule has 0 aliphatic carbocycles. The quantitative estimate of drug-likeness (QED) is 0.836. The highest BCUT2D eigenvalue weighted by Gasteiger charge is 2.30. The van der Waals surface area contributed by atoms with Gasteiger partial charge in [0.25, 0.3) is 0 Å². The smallest absolute Gasteiger partial charge is 0.150 e. The fourth-order valence-electron chi connectivity index (χ4n) is 3.33. The van der Waals surface area contributed by atoms with E-state index in [0.29, 0.717) is 11.5 Å². The predicted molar refractivity (Wildman–Crippen MR) is 88.3 cm³/mol. The molecule has 116 valence electrons. The third-order valence-electron chi connectivity index (χ3n) is 4.42. The molecule has 1 aromatic rings. The molecule has 6 heteroatoms. The third-order valence-corrected chi connectivity index (χ3v) is 6.49. The first-order valence-corrected chi connectivity index (χ1v) is 9.60. The minimum Gasteiger partial charge on any atom is -0.373 e. The minimum absolute atomic E-state index is 0.241. The summed E-state index contributed by atoms with van der Waals surface area (Å²) in [6.07, 6.45) is 1.85. The number of anilines is 2. The normalized spacial score (nSPS) is 24.8. The average Bonchev–Trinajstić information content (AvgIpc) is 2.68. The third kappa shape index (κ3) is 3.29. The lowest BCUT2D eigenvalue weighted by atomic mass is 10.1. The van der Waals surface area contributed by atoms with E-state index >= 15 is 0 Å². The summed E-state index contributed by atoms with van der Waals surface area (Å²) in [5.41, 5.74) is 2.31. The van der Waals surface area contributed by atoms with Gasteiger partial charge in [-0.05, 0) is 37.0 Å². The molecule has 0 saturated carbocycles. The first-order chi connectivity index (χ1) is 9.94. The second kappa shape index (κ2) is 5.69. The van der Waals surface area contributed by atoms with Gasteiger partial charge in [0.15, 0.2) is 9.84 Å². The van der Waals surface area contributed by atoms with E-state index in [9.17, 15) is 8.42 Å². The molecule has 1 aromatic carbocycles. The van der Waals surface area contributed by atoms with Gasteiger partial charge >= 0.3 is 0 Å². The Morgan fingerprint density at radius 3 is 2.81 bits per heavy atom. The Morgan fingerprint density at radius 2 is 2.10 bits per heavy atom. The molecule has 3 rings (SSSR count). The summed E-state index contributed by atoms with van der Waals surface area (Å²) in [4.78, 5) is 4.56. The second-order valence-corrected chi connectivity index (χ2v) is 8.79. The van der Waals surface area contributed by atoms with Gasteiger partial charge in [-0.3, -0.25) is 0 Å². The van der Waals surface area contributed by atoms with Crippen LogP contribution in [-0.4, -0.2) is 46.6 Å². The maximum atomic E-state index is 11.7. The lowest BCUT2D eigenvalue weighted by Gasteiger charge is -2.28. The summed E-state index contributed by atoms with van der Waals surface area (Å²) in [6.45, 7) is 2.77. The molecule has 0 unspecified atom stereocenters. The highest BCUT2D eigenvalue weighted by atomic mass is 35.5. The topological polar surface area (TPSA) is 40.6 Å². The first-order valence-electron chi connectivity index (χ1n) is 7.41. The standard InChI is InChI=1S/C15H21ClN2O2S/c1-17-6-2-7-18(10-12-5-8-21(19,20)11-12)15-9-13(16)3-4-14(15)17/h3-4,9,12H,2,5-8,10-11H2,1H3/t12-/m1/s1. The zero-order chi connectivity index (χ0) is 15.0. The molecule has 0 aromatic heterocycles. The van der Waals surface area contributed by atoms with Gasteiger partial charge in [-0.1, -0.05) is 11.6 Å². The van der Waals surface area contributed by atoms with E-state index in [-0.39, 0.29) is 5.92 Å². The van der Waals surface area contributed by atoms with Crippen LogP contribution in [0.1, 0.15) is 12.8 Å². The van der Waals surface area contributed by atoms with Crippen molar-refractivity contribution >= 4 is 32.8 Å². The molecule has 1 saturated heterocycles. The van der Waals surface area contributed by atoms with Crippen LogP contribution in [0.2, 0.25) is 5.02 Å². The molecule has 0 bridgehead atoms. The lowest BCUT2D eigenvalue weighted by Crippen LogP contribution is -2.30. The highest BCUT2D eigenvalue weighted by Crippen LogP contribution is 2.35. The molecule has 4 nitrogen and oxygen atoms in total. The molecule has 0 N–H and O–H groups in total. The van der Waals surface area contributed by atoms with E-state index in [2.05, 4.69) is 22.9 Å². The Morgan fingerprint density at radius 1 is 1.29 bits per heavy atom. The molecule has 0 spiro atoms. The number of fused-ring (bicyclic) bond motifs is 1. The molecular formula is C15H21ClN2O2S. The molecule has 2 aliphatic heterocycles. The fraction of sp³-hybridized carbons (Fsp3) is 0.600. The van der Waals surface area contributed by atoms with Crippen LogP contribution < -0.4 is 9.80 Å². The summed E-state index contributed by atoms with van der Waals surface area (Å²) < 4.78 is 23.3. The summed E-state index contributed by atoms with van der Waals surface area (Å²) in [5, 5.41) is 0.730. The lowest BCUT2D eigenvalue weighted by molar-refractivity contribution is 0.564. The maximum absolute atomic E-state index is 11.7. The van der Waals surface area contributed by atoms with Crippen molar-refractivity contribution in [3.05, 3.63) is 23.2 Å². The van der Waals surface area contributed by atoms with Crippen LogP contribution >= 0.6 is 11.6 Å². The van der Waals surface area contributed by atoms with Crippen LogP contribution in [0.25, 0.3) is 0 Å². The molecule has 1 atom stereocenters. The van der Waals surface area contributed by atoms with Crippen LogP contribution in [0.5, 0.6) is 0 Å². The molecule has 1 fully saturated rings. The van der Waals surface area contributed by atoms with Crippen molar-refractivity contribution in [1.82, 2.24) is 0 Å². The van der Waals surface area contributed by atoms with E-state index in [1.807, 2.05) is 12.1 Å². The second-order valence-electron chi connectivity index (χ2n) is 6.12. The zero-order valence-electron chi connectivity index (χ0n) is 12.3. The Kier molecular flexibility index (Phi) is 4.06. The van der Waals surface area contributed by atoms with Gasteiger partial charge in [-0.25, -0.2) is 8.42 Å². The fourth-order valence-corrected chi connectivity index (χ4v) is 5.35. The van der Waals surface area contributed by atoms with Gasteiger partial charge < -0.3 is 9.80 Å². The maximum Gasteiger partial charge on any atom is 0.150 e. The summed E-state index contributed by atoms with van der Waals surface area (Å²) >= 11 is 6.16. The van der Waals surface area contributed by atoms with E-state index < -0.39 is 9.84 Å². The van der Waals surface area contributed by atoms with Crippen LogP contribution in [0.15, 0.2) is 18.2 Å². The van der Waals surface area contributed by atoms with Crippen molar-refractivity contribution in [2.75, 3.05) is 48.0 Å². The number of benzene rings is 1. The Bertz CT molecular complexity index is 633. The predicted octanol–water partition coefficient (Wildman–Crippen LogP) is 2.42. The van der Waals surface area contributed by atoms with Crippen LogP contribution in [-0.2, 0) is 9.84 Å². The number of hydrogen-bond acceptors (Lipinski definition) is 4. The van der Waals surface area contributed by atoms with Crippen molar-refractivity contribution in [3.63, 3.8) is 0 Å². The summed E-state index contributed by atoms with van der Waals surface area (Å²) in [6, 6.07) is 5.98. The van der Waals surface area contributed by atoms with Crippen molar-refractivity contribution in [3.8, 4) is 0 Å². The molecule has 2 heterocycles. The number of rotatable bonds is 2. The Labute approximate surface area is 131 Å². The average molecular weight is 329 g/mol. The molecule has 21 heavy (non-hydrogen) atoms. The zero-order valence-corrected chi connectivity index (χ0v) is 13.8. The minimum atomic E-state index is -2.81. The molecule has 0 amide bonds.